The molecule has 3 rings (SSSR count). The van der Waals surface area contributed by atoms with Crippen LogP contribution in [0.5, 0.6) is 0 Å². The minimum absolute atomic E-state index is 0.00519. The average molecular weight is 588 g/mol. The van der Waals surface area contributed by atoms with Crippen LogP contribution in [0.25, 0.3) is 0 Å². The molecule has 1 fully saturated rings. The third kappa shape index (κ3) is 3.49. The summed E-state index contributed by atoms with van der Waals surface area (Å²) in [4.78, 5) is 25.8. The van der Waals surface area contributed by atoms with Crippen LogP contribution in [-0.4, -0.2) is 44.5 Å². The van der Waals surface area contributed by atoms with Crippen molar-refractivity contribution in [3.8, 4) is 0 Å². The van der Waals surface area contributed by atoms with Gasteiger partial charge in [-0.3, -0.25) is 0 Å². The van der Waals surface area contributed by atoms with Gasteiger partial charge in [0.25, 0.3) is 0 Å². The molecule has 0 unspecified atom stereocenters. The predicted molar refractivity (Wildman–Crippen MR) is 97.2 cm³/mol. The number of carbonyl (C=O) groups excluding carboxylic acids is 2. The molecular formula is C18H27ClHgO5Si. The first-order valence-corrected chi connectivity index (χ1v) is 22.3. The Labute approximate surface area is 172 Å². The summed E-state index contributed by atoms with van der Waals surface area (Å²) in [5, 5.41) is -0.00519. The third-order valence-corrected chi connectivity index (χ3v) is 18.5. The second-order valence-corrected chi connectivity index (χ2v) is 21.1. The molecule has 2 aliphatic heterocycles. The Hall–Kier alpha value is 0.242. The van der Waals surface area contributed by atoms with Crippen molar-refractivity contribution >= 4 is 28.3 Å². The van der Waals surface area contributed by atoms with Crippen LogP contribution in [-0.2, 0) is 46.8 Å². The fraction of sp³-hybridized carbons (Fsp3) is 0.778. The Balaban J connectivity index is 2.02. The predicted octanol–water partition coefficient (Wildman–Crippen LogP) is 3.77. The maximum absolute atomic E-state index is 12.9. The summed E-state index contributed by atoms with van der Waals surface area (Å²) in [6.07, 6.45) is 0.0771. The van der Waals surface area contributed by atoms with Crippen molar-refractivity contribution in [3.63, 3.8) is 0 Å². The fourth-order valence-corrected chi connectivity index (χ4v) is 12.2. The molecule has 0 radical (unpaired) electrons. The van der Waals surface area contributed by atoms with E-state index in [-0.39, 0.29) is 26.5 Å². The molecule has 142 valence electrons. The summed E-state index contributed by atoms with van der Waals surface area (Å²) in [7, 11) is 4.28. The normalized spacial score (nSPS) is 34.0. The van der Waals surface area contributed by atoms with Crippen LogP contribution in [0.2, 0.25) is 21.6 Å². The third-order valence-electron chi connectivity index (χ3n) is 6.19. The van der Waals surface area contributed by atoms with Crippen LogP contribution in [0.4, 0.5) is 0 Å². The van der Waals surface area contributed by atoms with Gasteiger partial charge in [0, 0.05) is 0 Å². The number of rotatable bonds is 5. The van der Waals surface area contributed by atoms with Gasteiger partial charge in [-0.1, -0.05) is 0 Å². The van der Waals surface area contributed by atoms with Crippen molar-refractivity contribution < 1.29 is 46.8 Å². The number of esters is 1. The zero-order valence-electron chi connectivity index (χ0n) is 16.4. The van der Waals surface area contributed by atoms with Gasteiger partial charge in [0.15, 0.2) is 0 Å². The molecule has 0 aromatic carbocycles. The van der Waals surface area contributed by atoms with Gasteiger partial charge >= 0.3 is 173 Å². The molecule has 1 saturated heterocycles. The number of Topliss-reactive ketones (excluding diaryl/α,β-unsaturated/α-hetero) is 1. The number of ether oxygens (including phenoxy) is 2. The topological polar surface area (TPSA) is 65.1 Å². The summed E-state index contributed by atoms with van der Waals surface area (Å²) in [5.74, 6) is -0.456. The van der Waals surface area contributed by atoms with Crippen molar-refractivity contribution in [1.82, 2.24) is 0 Å². The van der Waals surface area contributed by atoms with Crippen LogP contribution in [0.15, 0.2) is 11.1 Å². The maximum atomic E-state index is 12.9. The van der Waals surface area contributed by atoms with Crippen molar-refractivity contribution in [2.45, 2.75) is 86.5 Å². The van der Waals surface area contributed by atoms with E-state index in [0.29, 0.717) is 11.1 Å². The van der Waals surface area contributed by atoms with Crippen LogP contribution in [0.3, 0.4) is 0 Å². The summed E-state index contributed by atoms with van der Waals surface area (Å²) >= 11 is -1.90. The van der Waals surface area contributed by atoms with E-state index >= 15 is 0 Å². The van der Waals surface area contributed by atoms with E-state index in [1.165, 1.54) is 0 Å². The van der Waals surface area contributed by atoms with E-state index in [4.69, 9.17) is 22.1 Å². The first kappa shape index (κ1) is 21.0. The number of cyclic esters (lactones) is 1. The van der Waals surface area contributed by atoms with Crippen molar-refractivity contribution in [2.24, 2.45) is 0 Å². The number of hydrogen-bond acceptors (Lipinski definition) is 5. The van der Waals surface area contributed by atoms with Gasteiger partial charge < -0.3 is 0 Å². The second-order valence-electron chi connectivity index (χ2n) is 9.00. The number of hydrogen-bond donors (Lipinski definition) is 0. The summed E-state index contributed by atoms with van der Waals surface area (Å²) in [5.41, 5.74) is 1.01. The quantitative estimate of drug-likeness (QED) is 0.279. The van der Waals surface area contributed by atoms with Gasteiger partial charge in [-0.2, -0.15) is 0 Å². The molecular weight excluding hydrogens is 560 g/mol. The molecule has 0 aromatic heterocycles. The molecule has 5 nitrogen and oxygen atoms in total. The summed E-state index contributed by atoms with van der Waals surface area (Å²) in [6.45, 7) is 12.8. The Bertz CT molecular complexity index is 656. The number of carbonyl (C=O) groups is 2. The van der Waals surface area contributed by atoms with Crippen LogP contribution < -0.4 is 0 Å². The van der Waals surface area contributed by atoms with Crippen molar-refractivity contribution in [1.29, 1.82) is 0 Å². The zero-order chi connectivity index (χ0) is 19.4. The molecule has 8 heteroatoms. The monoisotopic (exact) mass is 588 g/mol. The van der Waals surface area contributed by atoms with E-state index in [9.17, 15) is 9.59 Å². The summed E-state index contributed by atoms with van der Waals surface area (Å²) in [6, 6.07) is 0. The van der Waals surface area contributed by atoms with Crippen LogP contribution >= 0.6 is 8.25 Å². The Morgan fingerprint density at radius 1 is 1.23 bits per heavy atom. The fourth-order valence-electron chi connectivity index (χ4n) is 3.59. The second kappa shape index (κ2) is 7.25. The minimum atomic E-state index is -2.15. The SMILES string of the molecule is CCC[C@H]1OC(=O)C2=C(C(=O)[C@@H]3O[C@@H]3[C@H]2O[Si](C)(C)C(C)(C)C)[C@@H]1[Hg][Cl]. The van der Waals surface area contributed by atoms with Gasteiger partial charge in [0.2, 0.25) is 0 Å². The number of halogens is 1. The summed E-state index contributed by atoms with van der Waals surface area (Å²) < 4.78 is 17.9. The molecule has 0 saturated carbocycles. The van der Waals surface area contributed by atoms with Crippen LogP contribution in [0.1, 0.15) is 40.5 Å². The van der Waals surface area contributed by atoms with E-state index in [0.717, 1.165) is 12.8 Å². The number of ketones is 1. The van der Waals surface area contributed by atoms with Crippen molar-refractivity contribution in [3.05, 3.63) is 11.1 Å². The first-order valence-electron chi connectivity index (χ1n) is 9.42. The average Bonchev–Trinajstić information content (AvgIpc) is 3.31. The van der Waals surface area contributed by atoms with Gasteiger partial charge in [-0.05, 0) is 0 Å². The standard InChI is InChI=1S/C18H27O5Si.ClH.Hg/c1-7-8-10-9-11-12(17(20)21-10)14(16-15(22-16)13(11)19)23-24(5,6)18(2,3)4;;/h9-10,14-16H,7-8H2,1-6H3;1H;/q;;+1/p-1/t10-,14+,15+,16-;;/m1../s1. The molecule has 0 amide bonds. The van der Waals surface area contributed by atoms with Gasteiger partial charge in [-0.15, -0.1) is 0 Å². The zero-order valence-corrected chi connectivity index (χ0v) is 23.7. The Morgan fingerprint density at radius 2 is 1.88 bits per heavy atom. The molecule has 3 aliphatic rings. The molecule has 0 spiro atoms. The van der Waals surface area contributed by atoms with E-state index in [2.05, 4.69) is 33.9 Å². The van der Waals surface area contributed by atoms with Crippen molar-refractivity contribution in [2.75, 3.05) is 0 Å². The number of fused-ring (bicyclic) bond motifs is 1. The molecule has 1 aliphatic carbocycles. The van der Waals surface area contributed by atoms with Gasteiger partial charge in [-0.25, -0.2) is 0 Å². The van der Waals surface area contributed by atoms with E-state index < -0.39 is 49.8 Å². The molecule has 0 bridgehead atoms. The van der Waals surface area contributed by atoms with Gasteiger partial charge in [0.1, 0.15) is 0 Å². The first-order chi connectivity index (χ1) is 12.0. The van der Waals surface area contributed by atoms with E-state index in [1.54, 1.807) is 0 Å². The number of epoxide rings is 1. The van der Waals surface area contributed by atoms with E-state index in [1.807, 2.05) is 6.92 Å². The molecule has 2 heterocycles. The molecule has 5 atom stereocenters. The molecule has 0 N–H and O–H groups in total. The Kier molecular flexibility index (Phi) is 5.84. The Morgan fingerprint density at radius 3 is 2.42 bits per heavy atom. The molecule has 0 aromatic rings. The molecule has 26 heavy (non-hydrogen) atoms. The van der Waals surface area contributed by atoms with Gasteiger partial charge in [0.05, 0.1) is 0 Å². The van der Waals surface area contributed by atoms with Crippen LogP contribution in [0, 0.1) is 0 Å².